The Morgan fingerprint density at radius 2 is 2.12 bits per heavy atom. The molecule has 0 aliphatic heterocycles. The van der Waals surface area contributed by atoms with E-state index in [1.165, 1.54) is 0 Å². The molecule has 1 unspecified atom stereocenters. The first-order valence-corrected chi connectivity index (χ1v) is 2.17. The van der Waals surface area contributed by atoms with Crippen LogP contribution in [-0.2, 0) is 4.79 Å². The van der Waals surface area contributed by atoms with Gasteiger partial charge in [-0.05, 0) is 6.92 Å². The molecule has 0 heterocycles. The predicted octanol–water partition coefficient (Wildman–Crippen LogP) is -0.369. The molecule has 50 valence electrons. The van der Waals surface area contributed by atoms with Crippen LogP contribution in [0.2, 0.25) is 0 Å². The van der Waals surface area contributed by atoms with E-state index in [-0.39, 0.29) is 30.8 Å². The van der Waals surface area contributed by atoms with Gasteiger partial charge in [0.15, 0.2) is 0 Å². The highest BCUT2D eigenvalue weighted by molar-refractivity contribution is 5.85. The van der Waals surface area contributed by atoms with Crippen LogP contribution in [0.1, 0.15) is 13.3 Å². The van der Waals surface area contributed by atoms with E-state index in [0.717, 1.165) is 0 Å². The lowest BCUT2D eigenvalue weighted by atomic mass is 10.2. The Labute approximate surface area is 54.8 Å². The molecular formula is C4H11ClN2O. The summed E-state index contributed by atoms with van der Waals surface area (Å²) in [4.78, 5) is 9.95. The number of carbonyl (C=O) groups excluding carboxylic acids is 1. The van der Waals surface area contributed by atoms with Crippen LogP contribution in [-0.4, -0.2) is 11.9 Å². The van der Waals surface area contributed by atoms with Crippen molar-refractivity contribution in [1.29, 1.82) is 0 Å². The minimum Gasteiger partial charge on any atom is -0.370 e. The van der Waals surface area contributed by atoms with E-state index in [2.05, 4.69) is 0 Å². The molecule has 0 bridgehead atoms. The maximum Gasteiger partial charge on any atom is 0.218 e. The summed E-state index contributed by atoms with van der Waals surface area (Å²) in [5.74, 6) is -0.338. The third-order valence-electron chi connectivity index (χ3n) is 0.523. The lowest BCUT2D eigenvalue weighted by molar-refractivity contribution is -0.118. The second-order valence-electron chi connectivity index (χ2n) is 1.65. The van der Waals surface area contributed by atoms with Crippen LogP contribution in [0.4, 0.5) is 0 Å². The monoisotopic (exact) mass is 138 g/mol. The van der Waals surface area contributed by atoms with Crippen molar-refractivity contribution >= 4 is 18.3 Å². The molecule has 0 rings (SSSR count). The number of halogens is 1. The van der Waals surface area contributed by atoms with Crippen molar-refractivity contribution in [3.05, 3.63) is 0 Å². The Bertz CT molecular complexity index is 74.4. The molecule has 0 aliphatic rings. The normalized spacial score (nSPS) is 11.8. The first-order chi connectivity index (χ1) is 3.13. The summed E-state index contributed by atoms with van der Waals surface area (Å²) < 4.78 is 0. The zero-order valence-electron chi connectivity index (χ0n) is 4.76. The highest BCUT2D eigenvalue weighted by Crippen LogP contribution is 1.80. The topological polar surface area (TPSA) is 69.1 Å². The largest absolute Gasteiger partial charge is 0.370 e. The van der Waals surface area contributed by atoms with Gasteiger partial charge in [0.1, 0.15) is 0 Å². The highest BCUT2D eigenvalue weighted by Gasteiger charge is 1.96. The number of primary amides is 1. The minimum atomic E-state index is -0.338. The zero-order valence-corrected chi connectivity index (χ0v) is 5.57. The SMILES string of the molecule is CC(N)CC(N)=O.Cl. The molecule has 0 aliphatic carbocycles. The van der Waals surface area contributed by atoms with Gasteiger partial charge in [0.25, 0.3) is 0 Å². The summed E-state index contributed by atoms with van der Waals surface area (Å²) in [6.45, 7) is 1.74. The fraction of sp³-hybridized carbons (Fsp3) is 0.750. The van der Waals surface area contributed by atoms with Crippen molar-refractivity contribution in [1.82, 2.24) is 0 Å². The van der Waals surface area contributed by atoms with Gasteiger partial charge in [0.05, 0.1) is 0 Å². The van der Waals surface area contributed by atoms with Crippen molar-refractivity contribution in [2.45, 2.75) is 19.4 Å². The number of nitrogens with two attached hydrogens (primary N) is 2. The molecule has 1 amide bonds. The number of rotatable bonds is 2. The summed E-state index contributed by atoms with van der Waals surface area (Å²) in [5, 5.41) is 0. The highest BCUT2D eigenvalue weighted by atomic mass is 35.5. The quantitative estimate of drug-likeness (QED) is 0.547. The Hall–Kier alpha value is -0.280. The maximum atomic E-state index is 9.95. The lowest BCUT2D eigenvalue weighted by Gasteiger charge is -1.96. The van der Waals surface area contributed by atoms with Gasteiger partial charge in [0.2, 0.25) is 5.91 Å². The molecule has 4 heteroatoms. The predicted molar refractivity (Wildman–Crippen MR) is 34.7 cm³/mol. The molecule has 0 aromatic carbocycles. The molecule has 0 saturated heterocycles. The molecule has 8 heavy (non-hydrogen) atoms. The van der Waals surface area contributed by atoms with E-state index in [1.807, 2.05) is 0 Å². The summed E-state index contributed by atoms with van der Waals surface area (Å²) in [6, 6.07) is -0.0995. The fourth-order valence-corrected chi connectivity index (χ4v) is 0.317. The second kappa shape index (κ2) is 4.87. The average molecular weight is 139 g/mol. The Morgan fingerprint density at radius 1 is 1.75 bits per heavy atom. The third kappa shape index (κ3) is 9.21. The van der Waals surface area contributed by atoms with Gasteiger partial charge in [-0.15, -0.1) is 12.4 Å². The van der Waals surface area contributed by atoms with Crippen LogP contribution in [0.25, 0.3) is 0 Å². The Balaban J connectivity index is 0. The van der Waals surface area contributed by atoms with Crippen LogP contribution in [0.15, 0.2) is 0 Å². The summed E-state index contributed by atoms with van der Waals surface area (Å²) >= 11 is 0. The first kappa shape index (κ1) is 10.7. The van der Waals surface area contributed by atoms with Crippen LogP contribution in [0.3, 0.4) is 0 Å². The molecule has 1 atom stereocenters. The van der Waals surface area contributed by atoms with E-state index in [0.29, 0.717) is 0 Å². The molecule has 4 N–H and O–H groups in total. The first-order valence-electron chi connectivity index (χ1n) is 2.17. The van der Waals surface area contributed by atoms with E-state index in [9.17, 15) is 4.79 Å². The van der Waals surface area contributed by atoms with Crippen molar-refractivity contribution in [2.75, 3.05) is 0 Å². The van der Waals surface area contributed by atoms with Gasteiger partial charge in [-0.25, -0.2) is 0 Å². The molecular weight excluding hydrogens is 128 g/mol. The van der Waals surface area contributed by atoms with Crippen molar-refractivity contribution in [2.24, 2.45) is 11.5 Å². The summed E-state index contributed by atoms with van der Waals surface area (Å²) in [7, 11) is 0. The molecule has 3 nitrogen and oxygen atoms in total. The number of amides is 1. The van der Waals surface area contributed by atoms with Crippen molar-refractivity contribution < 1.29 is 4.79 Å². The van der Waals surface area contributed by atoms with Crippen molar-refractivity contribution in [3.63, 3.8) is 0 Å². The van der Waals surface area contributed by atoms with E-state index >= 15 is 0 Å². The summed E-state index contributed by atoms with van der Waals surface area (Å²) in [5.41, 5.74) is 9.97. The van der Waals surface area contributed by atoms with Gasteiger partial charge in [-0.1, -0.05) is 0 Å². The maximum absolute atomic E-state index is 9.95. The van der Waals surface area contributed by atoms with Crippen LogP contribution >= 0.6 is 12.4 Å². The van der Waals surface area contributed by atoms with Gasteiger partial charge in [-0.2, -0.15) is 0 Å². The smallest absolute Gasteiger partial charge is 0.218 e. The molecule has 0 aromatic heterocycles. The molecule has 0 spiro atoms. The lowest BCUT2D eigenvalue weighted by Crippen LogP contribution is -2.24. The summed E-state index contributed by atoms with van der Waals surface area (Å²) in [6.07, 6.45) is 0.278. The number of hydrogen-bond acceptors (Lipinski definition) is 2. The van der Waals surface area contributed by atoms with Crippen LogP contribution in [0.5, 0.6) is 0 Å². The molecule has 0 saturated carbocycles. The molecule has 0 fully saturated rings. The van der Waals surface area contributed by atoms with Gasteiger partial charge >= 0.3 is 0 Å². The Morgan fingerprint density at radius 3 is 2.12 bits per heavy atom. The van der Waals surface area contributed by atoms with Gasteiger partial charge in [0, 0.05) is 12.5 Å². The third-order valence-corrected chi connectivity index (χ3v) is 0.523. The van der Waals surface area contributed by atoms with E-state index < -0.39 is 0 Å². The molecule has 0 radical (unpaired) electrons. The fourth-order valence-electron chi connectivity index (χ4n) is 0.317. The van der Waals surface area contributed by atoms with Crippen LogP contribution < -0.4 is 11.5 Å². The van der Waals surface area contributed by atoms with Gasteiger partial charge < -0.3 is 11.5 Å². The standard InChI is InChI=1S/C4H10N2O.ClH/c1-3(5)2-4(6)7;/h3H,2,5H2,1H3,(H2,6,7);1H. The van der Waals surface area contributed by atoms with Crippen molar-refractivity contribution in [3.8, 4) is 0 Å². The average Bonchev–Trinajstić information content (AvgIpc) is 1.27. The number of hydrogen-bond donors (Lipinski definition) is 2. The minimum absolute atomic E-state index is 0. The zero-order chi connectivity index (χ0) is 5.86. The van der Waals surface area contributed by atoms with Crippen LogP contribution in [0, 0.1) is 0 Å². The molecule has 0 aromatic rings. The Kier molecular flexibility index (Phi) is 6.48. The second-order valence-corrected chi connectivity index (χ2v) is 1.65. The number of carbonyl (C=O) groups is 1. The van der Waals surface area contributed by atoms with Gasteiger partial charge in [-0.3, -0.25) is 4.79 Å². The van der Waals surface area contributed by atoms with E-state index in [1.54, 1.807) is 6.92 Å². The van der Waals surface area contributed by atoms with E-state index in [4.69, 9.17) is 11.5 Å².